The monoisotopic (exact) mass is 382 g/mol. The Balaban J connectivity index is 1.63. The van der Waals surface area contributed by atoms with E-state index in [0.717, 1.165) is 10.4 Å². The summed E-state index contributed by atoms with van der Waals surface area (Å²) in [4.78, 5) is 16.3. The molecule has 124 valence electrons. The van der Waals surface area contributed by atoms with E-state index in [9.17, 15) is 4.79 Å². The van der Waals surface area contributed by atoms with Crippen molar-refractivity contribution in [2.24, 2.45) is 0 Å². The van der Waals surface area contributed by atoms with Gasteiger partial charge in [0.25, 0.3) is 5.91 Å². The van der Waals surface area contributed by atoms with Gasteiger partial charge in [-0.3, -0.25) is 10.1 Å². The molecule has 0 atom stereocenters. The number of ether oxygens (including phenoxy) is 2. The molecule has 0 spiro atoms. The number of hydrogen-bond donors (Lipinski definition) is 1. The van der Waals surface area contributed by atoms with E-state index in [1.807, 2.05) is 6.07 Å². The summed E-state index contributed by atoms with van der Waals surface area (Å²) in [5.41, 5.74) is 0.570. The molecule has 1 N–H and O–H groups in total. The number of aromatic nitrogens is 1. The van der Waals surface area contributed by atoms with Crippen LogP contribution in [0.2, 0.25) is 10.0 Å². The molecule has 0 unspecified atom stereocenters. The van der Waals surface area contributed by atoms with Crippen molar-refractivity contribution in [2.45, 2.75) is 0 Å². The fraction of sp³-hybridized carbons (Fsp3) is 0.125. The maximum Gasteiger partial charge on any atom is 0.264 e. The first-order chi connectivity index (χ1) is 11.6. The van der Waals surface area contributed by atoms with Gasteiger partial charge in [0.2, 0.25) is 0 Å². The van der Waals surface area contributed by atoms with Gasteiger partial charge in [0.1, 0.15) is 17.0 Å². The molecular weight excluding hydrogens is 371 g/mol. The fourth-order valence-electron chi connectivity index (χ4n) is 1.97. The first-order valence-corrected chi connectivity index (χ1v) is 8.45. The Morgan fingerprint density at radius 2 is 1.88 bits per heavy atom. The number of fused-ring (bicyclic) bond motifs is 1. The molecular formula is C16H12Cl2N2O3S. The lowest BCUT2D eigenvalue weighted by molar-refractivity contribution is -0.118. The maximum atomic E-state index is 12.0. The number of nitrogens with one attached hydrogen (secondary N) is 1. The Labute approximate surface area is 152 Å². The number of anilines is 1. The molecule has 0 fully saturated rings. The molecule has 0 radical (unpaired) electrons. The minimum absolute atomic E-state index is 0.128. The van der Waals surface area contributed by atoms with Gasteiger partial charge >= 0.3 is 0 Å². The van der Waals surface area contributed by atoms with Crippen molar-refractivity contribution in [3.05, 3.63) is 46.4 Å². The van der Waals surface area contributed by atoms with Crippen LogP contribution in [-0.2, 0) is 4.79 Å². The fourth-order valence-corrected chi connectivity index (χ4v) is 3.27. The van der Waals surface area contributed by atoms with Crippen molar-refractivity contribution in [3.8, 4) is 11.5 Å². The number of nitrogens with zero attached hydrogens (tertiary/aromatic N) is 1. The Kier molecular flexibility index (Phi) is 5.08. The van der Waals surface area contributed by atoms with E-state index in [-0.39, 0.29) is 12.5 Å². The quantitative estimate of drug-likeness (QED) is 0.698. The number of halogens is 2. The molecule has 0 aliphatic heterocycles. The molecule has 3 aromatic rings. The van der Waals surface area contributed by atoms with Crippen LogP contribution in [0.4, 0.5) is 5.13 Å². The summed E-state index contributed by atoms with van der Waals surface area (Å²) in [6.07, 6.45) is 0. The van der Waals surface area contributed by atoms with E-state index >= 15 is 0 Å². The molecule has 2 aromatic carbocycles. The van der Waals surface area contributed by atoms with E-state index in [0.29, 0.717) is 26.4 Å². The summed E-state index contributed by atoms with van der Waals surface area (Å²) in [5.74, 6) is 0.981. The zero-order valence-electron chi connectivity index (χ0n) is 12.5. The second-order valence-corrected chi connectivity index (χ2v) is 6.56. The third-order valence-electron chi connectivity index (χ3n) is 3.13. The topological polar surface area (TPSA) is 60.5 Å². The van der Waals surface area contributed by atoms with Gasteiger partial charge in [-0.15, -0.1) is 0 Å². The summed E-state index contributed by atoms with van der Waals surface area (Å²) < 4.78 is 11.3. The molecule has 3 rings (SSSR count). The van der Waals surface area contributed by atoms with Crippen LogP contribution >= 0.6 is 34.5 Å². The standard InChI is InChI=1S/C16H12Cl2N2O3S/c1-22-9-2-4-10(5-3-9)23-8-13(21)19-16-20-15-12(24-16)7-6-11(17)14(15)18/h2-7H,8H2,1H3,(H,19,20,21). The minimum atomic E-state index is -0.313. The highest BCUT2D eigenvalue weighted by molar-refractivity contribution is 7.22. The molecule has 0 bridgehead atoms. The van der Waals surface area contributed by atoms with Gasteiger partial charge in [0, 0.05) is 0 Å². The molecule has 24 heavy (non-hydrogen) atoms. The highest BCUT2D eigenvalue weighted by Crippen LogP contribution is 2.35. The number of benzene rings is 2. The summed E-state index contributed by atoms with van der Waals surface area (Å²) in [7, 11) is 1.58. The van der Waals surface area contributed by atoms with Gasteiger partial charge in [-0.05, 0) is 36.4 Å². The predicted molar refractivity (Wildman–Crippen MR) is 96.8 cm³/mol. The number of carbonyl (C=O) groups is 1. The van der Waals surface area contributed by atoms with Crippen molar-refractivity contribution >= 4 is 55.8 Å². The van der Waals surface area contributed by atoms with Crippen LogP contribution in [0.3, 0.4) is 0 Å². The van der Waals surface area contributed by atoms with E-state index in [1.165, 1.54) is 11.3 Å². The Bertz CT molecular complexity index is 881. The first-order valence-electron chi connectivity index (χ1n) is 6.88. The maximum absolute atomic E-state index is 12.0. The minimum Gasteiger partial charge on any atom is -0.497 e. The van der Waals surface area contributed by atoms with Gasteiger partial charge in [0.15, 0.2) is 11.7 Å². The Morgan fingerprint density at radius 3 is 2.58 bits per heavy atom. The highest BCUT2D eigenvalue weighted by atomic mass is 35.5. The van der Waals surface area contributed by atoms with Crippen molar-refractivity contribution in [1.29, 1.82) is 0 Å². The number of amides is 1. The number of hydrogen-bond acceptors (Lipinski definition) is 5. The molecule has 8 heteroatoms. The van der Waals surface area contributed by atoms with Crippen LogP contribution < -0.4 is 14.8 Å². The van der Waals surface area contributed by atoms with Gasteiger partial charge in [-0.2, -0.15) is 0 Å². The molecule has 0 aliphatic rings. The summed E-state index contributed by atoms with van der Waals surface area (Å²) in [6, 6.07) is 10.5. The van der Waals surface area contributed by atoms with Crippen molar-refractivity contribution < 1.29 is 14.3 Å². The van der Waals surface area contributed by atoms with Gasteiger partial charge in [0.05, 0.1) is 21.9 Å². The normalized spacial score (nSPS) is 10.6. The molecule has 0 saturated heterocycles. The average molecular weight is 383 g/mol. The zero-order valence-corrected chi connectivity index (χ0v) is 14.8. The average Bonchev–Trinajstić information content (AvgIpc) is 3.00. The summed E-state index contributed by atoms with van der Waals surface area (Å²) >= 11 is 13.4. The SMILES string of the molecule is COc1ccc(OCC(=O)Nc2nc3c(Cl)c(Cl)ccc3s2)cc1. The van der Waals surface area contributed by atoms with E-state index in [1.54, 1.807) is 37.4 Å². The first kappa shape index (κ1) is 16.8. The zero-order chi connectivity index (χ0) is 17.1. The van der Waals surface area contributed by atoms with Gasteiger partial charge in [-0.1, -0.05) is 34.5 Å². The van der Waals surface area contributed by atoms with Crippen LogP contribution in [0.5, 0.6) is 11.5 Å². The third kappa shape index (κ3) is 3.72. The number of rotatable bonds is 5. The second kappa shape index (κ2) is 7.25. The second-order valence-electron chi connectivity index (χ2n) is 4.74. The van der Waals surface area contributed by atoms with Crippen LogP contribution in [0.1, 0.15) is 0 Å². The molecule has 1 aromatic heterocycles. The van der Waals surface area contributed by atoms with Gasteiger partial charge < -0.3 is 9.47 Å². The van der Waals surface area contributed by atoms with Crippen molar-refractivity contribution in [2.75, 3.05) is 19.0 Å². The molecule has 0 aliphatic carbocycles. The largest absolute Gasteiger partial charge is 0.497 e. The van der Waals surface area contributed by atoms with Gasteiger partial charge in [-0.25, -0.2) is 4.98 Å². The van der Waals surface area contributed by atoms with Crippen molar-refractivity contribution in [1.82, 2.24) is 4.98 Å². The number of carbonyl (C=O) groups excluding carboxylic acids is 1. The van der Waals surface area contributed by atoms with E-state index in [2.05, 4.69) is 10.3 Å². The van der Waals surface area contributed by atoms with Crippen molar-refractivity contribution in [3.63, 3.8) is 0 Å². The number of thiazole rings is 1. The van der Waals surface area contributed by atoms with Crippen LogP contribution in [0, 0.1) is 0 Å². The summed E-state index contributed by atoms with van der Waals surface area (Å²) in [6.45, 7) is -0.128. The molecule has 1 heterocycles. The Morgan fingerprint density at radius 1 is 1.17 bits per heavy atom. The predicted octanol–water partition coefficient (Wildman–Crippen LogP) is 4.63. The summed E-state index contributed by atoms with van der Waals surface area (Å²) in [5, 5.41) is 3.93. The molecule has 1 amide bonds. The van der Waals surface area contributed by atoms with Crippen LogP contribution in [-0.4, -0.2) is 24.6 Å². The van der Waals surface area contributed by atoms with E-state index < -0.39 is 0 Å². The smallest absolute Gasteiger partial charge is 0.264 e. The third-order valence-corrected chi connectivity index (χ3v) is 4.86. The number of methoxy groups -OCH3 is 1. The lowest BCUT2D eigenvalue weighted by Crippen LogP contribution is -2.19. The molecule has 5 nitrogen and oxygen atoms in total. The highest BCUT2D eigenvalue weighted by Gasteiger charge is 2.12. The molecule has 0 saturated carbocycles. The van der Waals surface area contributed by atoms with E-state index in [4.69, 9.17) is 32.7 Å². The lowest BCUT2D eigenvalue weighted by atomic mass is 10.3. The van der Waals surface area contributed by atoms with Crippen LogP contribution in [0.15, 0.2) is 36.4 Å². The lowest BCUT2D eigenvalue weighted by Gasteiger charge is -2.06. The Hall–Kier alpha value is -2.02. The van der Waals surface area contributed by atoms with Crippen LogP contribution in [0.25, 0.3) is 10.2 Å².